The Bertz CT molecular complexity index is 1480. The highest BCUT2D eigenvalue weighted by atomic mass is 32.1. The SMILES string of the molecule is COc1cccc([C@@H]([C@H]2CCCNC2)n2ncnn2)c1.c1nnn([C@H](c2ccc3sccc3c2)[C@H]2CCCNC2)n1. The molecule has 5 heterocycles. The second-order valence-electron chi connectivity index (χ2n) is 10.6. The molecule has 2 fully saturated rings. The summed E-state index contributed by atoms with van der Waals surface area (Å²) in [6.07, 6.45) is 7.75. The average Bonchev–Trinajstić information content (AvgIpc) is 3.83. The molecule has 7 rings (SSSR count). The first-order valence-electron chi connectivity index (χ1n) is 14.3. The second kappa shape index (κ2) is 13.3. The lowest BCUT2D eigenvalue weighted by molar-refractivity contribution is 0.261. The Morgan fingerprint density at radius 1 is 0.829 bits per heavy atom. The van der Waals surface area contributed by atoms with Gasteiger partial charge < -0.3 is 15.4 Å². The van der Waals surface area contributed by atoms with Crippen molar-refractivity contribution in [1.29, 1.82) is 0 Å². The Morgan fingerprint density at radius 3 is 2.05 bits per heavy atom. The lowest BCUT2D eigenvalue weighted by atomic mass is 9.87. The van der Waals surface area contributed by atoms with Gasteiger partial charge in [0.15, 0.2) is 12.7 Å². The van der Waals surface area contributed by atoms with Crippen LogP contribution in [-0.2, 0) is 0 Å². The number of aromatic nitrogens is 8. The van der Waals surface area contributed by atoms with Gasteiger partial charge >= 0.3 is 0 Å². The predicted molar refractivity (Wildman–Crippen MR) is 158 cm³/mol. The largest absolute Gasteiger partial charge is 0.497 e. The molecular formula is C29H36N10OS. The van der Waals surface area contributed by atoms with Crippen molar-refractivity contribution in [3.8, 4) is 5.75 Å². The van der Waals surface area contributed by atoms with Crippen LogP contribution >= 0.6 is 11.3 Å². The molecule has 3 aromatic heterocycles. The summed E-state index contributed by atoms with van der Waals surface area (Å²) < 4.78 is 6.65. The van der Waals surface area contributed by atoms with Crippen molar-refractivity contribution in [3.63, 3.8) is 0 Å². The smallest absolute Gasteiger partial charge is 0.162 e. The molecule has 2 saturated heterocycles. The summed E-state index contributed by atoms with van der Waals surface area (Å²) in [4.78, 5) is 3.48. The van der Waals surface area contributed by atoms with Crippen LogP contribution in [0.15, 0.2) is 66.6 Å². The quantitative estimate of drug-likeness (QED) is 0.300. The molecule has 214 valence electrons. The van der Waals surface area contributed by atoms with Crippen molar-refractivity contribution in [1.82, 2.24) is 51.0 Å². The van der Waals surface area contributed by atoms with E-state index in [4.69, 9.17) is 4.74 Å². The van der Waals surface area contributed by atoms with Gasteiger partial charge in [-0.1, -0.05) is 18.2 Å². The van der Waals surface area contributed by atoms with Gasteiger partial charge in [-0.3, -0.25) is 0 Å². The van der Waals surface area contributed by atoms with Gasteiger partial charge in [-0.2, -0.15) is 9.59 Å². The number of ether oxygens (including phenoxy) is 1. The van der Waals surface area contributed by atoms with Gasteiger partial charge in [0, 0.05) is 17.8 Å². The zero-order chi connectivity index (χ0) is 27.9. The Balaban J connectivity index is 0.000000148. The van der Waals surface area contributed by atoms with E-state index in [1.54, 1.807) is 28.0 Å². The fourth-order valence-corrected chi connectivity index (χ4v) is 6.86. The van der Waals surface area contributed by atoms with E-state index in [1.807, 2.05) is 12.1 Å². The molecule has 2 N–H and O–H groups in total. The van der Waals surface area contributed by atoms with Crippen LogP contribution in [-0.4, -0.2) is 73.7 Å². The summed E-state index contributed by atoms with van der Waals surface area (Å²) in [6, 6.07) is 17.2. The summed E-state index contributed by atoms with van der Waals surface area (Å²) in [5.41, 5.74) is 2.43. The Labute approximate surface area is 243 Å². The van der Waals surface area contributed by atoms with E-state index >= 15 is 0 Å². The van der Waals surface area contributed by atoms with Crippen molar-refractivity contribution < 1.29 is 4.74 Å². The van der Waals surface area contributed by atoms with Gasteiger partial charge in [0.2, 0.25) is 0 Å². The molecule has 0 bridgehead atoms. The summed E-state index contributed by atoms with van der Waals surface area (Å²) in [5.74, 6) is 1.82. The van der Waals surface area contributed by atoms with Crippen LogP contribution in [0, 0.1) is 11.8 Å². The van der Waals surface area contributed by atoms with Crippen molar-refractivity contribution in [2.24, 2.45) is 11.8 Å². The predicted octanol–water partition coefficient (Wildman–Crippen LogP) is 3.75. The Hall–Kier alpha value is -3.74. The van der Waals surface area contributed by atoms with Crippen LogP contribution < -0.4 is 15.4 Å². The molecule has 2 aliphatic rings. The third kappa shape index (κ3) is 6.45. The highest BCUT2D eigenvalue weighted by Crippen LogP contribution is 2.33. The van der Waals surface area contributed by atoms with Gasteiger partial charge in [0.25, 0.3) is 0 Å². The van der Waals surface area contributed by atoms with E-state index in [1.165, 1.54) is 47.6 Å². The standard InChI is InChI=1S/C15H17N5S.C14H19N5O/c1-2-13(9-16-6-1)15(20-18-10-17-19-20)12-3-4-14-11(8-12)5-7-21-14;1-20-13-6-2-4-11(8-13)14(19-17-10-16-18-19)12-5-3-7-15-9-12/h3-5,7-8,10,13,15-16H,1-2,6,9H2;2,4,6,8,10,12,14-15H,3,5,7,9H2,1H3/t13-,15+;12-,14-/m00/s1. The topological polar surface area (TPSA) is 120 Å². The lowest BCUT2D eigenvalue weighted by Gasteiger charge is -2.30. The number of hydrogen-bond acceptors (Lipinski definition) is 10. The minimum atomic E-state index is 0.0976. The number of fused-ring (bicyclic) bond motifs is 1. The minimum Gasteiger partial charge on any atom is -0.497 e. The molecule has 12 heteroatoms. The molecule has 5 aromatic rings. The number of nitrogens with one attached hydrogen (secondary N) is 2. The van der Waals surface area contributed by atoms with Gasteiger partial charge in [-0.05, 0) is 113 Å². The van der Waals surface area contributed by atoms with Gasteiger partial charge in [0.1, 0.15) is 17.8 Å². The number of hydrogen-bond donors (Lipinski definition) is 2. The van der Waals surface area contributed by atoms with Crippen molar-refractivity contribution in [3.05, 3.63) is 77.7 Å². The summed E-state index contributed by atoms with van der Waals surface area (Å²) in [7, 11) is 1.68. The fraction of sp³-hybridized carbons (Fsp3) is 0.448. The molecule has 0 unspecified atom stereocenters. The molecule has 4 atom stereocenters. The Kier molecular flexibility index (Phi) is 8.89. The molecule has 2 aromatic carbocycles. The van der Waals surface area contributed by atoms with E-state index in [9.17, 15) is 0 Å². The maximum Gasteiger partial charge on any atom is 0.162 e. The minimum absolute atomic E-state index is 0.0976. The molecular weight excluding hydrogens is 536 g/mol. The highest BCUT2D eigenvalue weighted by Gasteiger charge is 2.29. The molecule has 0 amide bonds. The molecule has 41 heavy (non-hydrogen) atoms. The van der Waals surface area contributed by atoms with Crippen molar-refractivity contribution in [2.45, 2.75) is 37.8 Å². The van der Waals surface area contributed by atoms with E-state index < -0.39 is 0 Å². The van der Waals surface area contributed by atoms with Crippen LogP contribution in [0.3, 0.4) is 0 Å². The van der Waals surface area contributed by atoms with E-state index in [0.717, 1.165) is 43.9 Å². The van der Waals surface area contributed by atoms with E-state index in [0.29, 0.717) is 11.8 Å². The van der Waals surface area contributed by atoms with Crippen LogP contribution in [0.25, 0.3) is 10.1 Å². The van der Waals surface area contributed by atoms with Crippen molar-refractivity contribution >= 4 is 21.4 Å². The molecule has 0 saturated carbocycles. The number of tetrazole rings is 2. The monoisotopic (exact) mass is 572 g/mol. The van der Waals surface area contributed by atoms with E-state index in [-0.39, 0.29) is 12.1 Å². The molecule has 0 aliphatic carbocycles. The first-order chi connectivity index (χ1) is 20.3. The summed E-state index contributed by atoms with van der Waals surface area (Å²) >= 11 is 1.78. The molecule has 0 spiro atoms. The van der Waals surface area contributed by atoms with Crippen LogP contribution in [0.4, 0.5) is 0 Å². The number of thiophene rings is 1. The molecule has 0 radical (unpaired) electrons. The molecule has 11 nitrogen and oxygen atoms in total. The number of rotatable bonds is 7. The lowest BCUT2D eigenvalue weighted by Crippen LogP contribution is -2.36. The first-order valence-corrected chi connectivity index (χ1v) is 15.2. The van der Waals surface area contributed by atoms with Crippen LogP contribution in [0.5, 0.6) is 5.75 Å². The van der Waals surface area contributed by atoms with Gasteiger partial charge in [-0.15, -0.1) is 31.7 Å². The first kappa shape index (κ1) is 27.4. The zero-order valence-corrected chi connectivity index (χ0v) is 24.0. The number of methoxy groups -OCH3 is 1. The zero-order valence-electron chi connectivity index (χ0n) is 23.2. The number of benzene rings is 2. The summed E-state index contributed by atoms with van der Waals surface area (Å²) in [6.45, 7) is 4.18. The third-order valence-electron chi connectivity index (χ3n) is 8.04. The Morgan fingerprint density at radius 2 is 1.49 bits per heavy atom. The van der Waals surface area contributed by atoms with Gasteiger partial charge in [0.05, 0.1) is 7.11 Å². The normalized spacial score (nSPS) is 20.6. The second-order valence-corrected chi connectivity index (χ2v) is 11.6. The third-order valence-corrected chi connectivity index (χ3v) is 8.94. The van der Waals surface area contributed by atoms with E-state index in [2.05, 4.69) is 83.2 Å². The van der Waals surface area contributed by atoms with Gasteiger partial charge in [-0.25, -0.2) is 0 Å². The summed E-state index contributed by atoms with van der Waals surface area (Å²) in [5, 5.41) is 35.0. The van der Waals surface area contributed by atoms with Crippen LogP contribution in [0.2, 0.25) is 0 Å². The maximum atomic E-state index is 5.33. The fourth-order valence-electron chi connectivity index (χ4n) is 6.08. The van der Waals surface area contributed by atoms with Crippen molar-refractivity contribution in [2.75, 3.05) is 33.3 Å². The molecule has 2 aliphatic heterocycles. The maximum absolute atomic E-state index is 5.33. The van der Waals surface area contributed by atoms with Crippen LogP contribution in [0.1, 0.15) is 48.9 Å². The highest BCUT2D eigenvalue weighted by molar-refractivity contribution is 7.17. The number of nitrogens with zero attached hydrogens (tertiary/aromatic N) is 8. The number of piperidine rings is 2. The average molecular weight is 573 g/mol.